The molecular weight excluding hydrogens is 519 g/mol. The highest BCUT2D eigenvalue weighted by atomic mass is 32.2. The molecule has 0 radical (unpaired) electrons. The zero-order valence-electron chi connectivity index (χ0n) is 21.1. The Kier molecular flexibility index (Phi) is 8.21. The Bertz CT molecular complexity index is 1480. The minimum atomic E-state index is -3.96. The van der Waals surface area contributed by atoms with Gasteiger partial charge in [-0.1, -0.05) is 73.9 Å². The van der Waals surface area contributed by atoms with E-state index in [1.807, 2.05) is 47.8 Å². The van der Waals surface area contributed by atoms with E-state index in [4.69, 9.17) is 0 Å². The van der Waals surface area contributed by atoms with E-state index in [-0.39, 0.29) is 35.8 Å². The third-order valence-electron chi connectivity index (χ3n) is 7.18. The largest absolute Gasteiger partial charge is 0.332 e. The first-order chi connectivity index (χ1) is 18.4. The van der Waals surface area contributed by atoms with E-state index in [1.54, 1.807) is 40.5 Å². The third kappa shape index (κ3) is 5.98. The minimum Gasteiger partial charge on any atom is -0.332 e. The van der Waals surface area contributed by atoms with Crippen LogP contribution in [0, 0.1) is 5.82 Å². The van der Waals surface area contributed by atoms with E-state index in [0.717, 1.165) is 47.9 Å². The standard InChI is InChI=1S/C30H31FN2O3S2/c31-25-17-15-23(16-18-25)20-32(21-27-12-7-19-37-27)30(34)22-33(26-10-2-1-3-11-26)38(35,36)29-14-6-9-24-8-4-5-13-28(24)29/h4-9,12-19,26H,1-3,10-11,20-22H2. The molecule has 1 fully saturated rings. The van der Waals surface area contributed by atoms with Crippen LogP contribution in [0.25, 0.3) is 10.8 Å². The second-order valence-electron chi connectivity index (χ2n) is 9.78. The molecule has 0 unspecified atom stereocenters. The van der Waals surface area contributed by atoms with Crippen molar-refractivity contribution in [1.29, 1.82) is 0 Å². The quantitative estimate of drug-likeness (QED) is 0.236. The summed E-state index contributed by atoms with van der Waals surface area (Å²) in [7, 11) is -3.96. The first-order valence-corrected chi connectivity index (χ1v) is 15.3. The van der Waals surface area contributed by atoms with Gasteiger partial charge in [0.1, 0.15) is 5.82 Å². The van der Waals surface area contributed by atoms with Gasteiger partial charge in [0.2, 0.25) is 15.9 Å². The van der Waals surface area contributed by atoms with Gasteiger partial charge in [0.25, 0.3) is 0 Å². The van der Waals surface area contributed by atoms with Gasteiger partial charge in [0, 0.05) is 22.8 Å². The van der Waals surface area contributed by atoms with Crippen molar-refractivity contribution in [3.05, 3.63) is 101 Å². The summed E-state index contributed by atoms with van der Waals surface area (Å²) in [4.78, 5) is 16.8. The molecule has 8 heteroatoms. The Hall–Kier alpha value is -3.07. The van der Waals surface area contributed by atoms with Gasteiger partial charge < -0.3 is 4.90 Å². The van der Waals surface area contributed by atoms with E-state index in [0.29, 0.717) is 11.9 Å². The summed E-state index contributed by atoms with van der Waals surface area (Å²) in [5.74, 6) is -0.605. The molecule has 198 valence electrons. The monoisotopic (exact) mass is 550 g/mol. The Labute approximate surface area is 227 Å². The zero-order valence-corrected chi connectivity index (χ0v) is 22.8. The molecule has 0 aliphatic heterocycles. The number of amides is 1. The highest BCUT2D eigenvalue weighted by Crippen LogP contribution is 2.31. The van der Waals surface area contributed by atoms with Crippen LogP contribution >= 0.6 is 11.3 Å². The Morgan fingerprint density at radius 3 is 2.34 bits per heavy atom. The van der Waals surface area contributed by atoms with Gasteiger partial charge in [-0.2, -0.15) is 4.31 Å². The van der Waals surface area contributed by atoms with Crippen LogP contribution in [0.15, 0.2) is 89.1 Å². The van der Waals surface area contributed by atoms with Crippen LogP contribution in [-0.4, -0.2) is 36.1 Å². The predicted octanol–water partition coefficient (Wildman–Crippen LogP) is 6.59. The van der Waals surface area contributed by atoms with Crippen molar-refractivity contribution in [2.75, 3.05) is 6.54 Å². The molecule has 0 saturated heterocycles. The smallest absolute Gasteiger partial charge is 0.244 e. The maximum absolute atomic E-state index is 14.2. The number of carbonyl (C=O) groups excluding carboxylic acids is 1. The molecule has 0 atom stereocenters. The molecule has 0 N–H and O–H groups in total. The maximum Gasteiger partial charge on any atom is 0.244 e. The zero-order chi connectivity index (χ0) is 26.5. The fourth-order valence-electron chi connectivity index (χ4n) is 5.19. The Morgan fingerprint density at radius 2 is 1.61 bits per heavy atom. The second kappa shape index (κ2) is 11.8. The van der Waals surface area contributed by atoms with Crippen LogP contribution in [0.2, 0.25) is 0 Å². The van der Waals surface area contributed by atoms with Crippen LogP contribution in [0.5, 0.6) is 0 Å². The van der Waals surface area contributed by atoms with Gasteiger partial charge in [-0.05, 0) is 53.4 Å². The lowest BCUT2D eigenvalue weighted by Crippen LogP contribution is -2.47. The molecule has 38 heavy (non-hydrogen) atoms. The average Bonchev–Trinajstić information content (AvgIpc) is 3.45. The van der Waals surface area contributed by atoms with Crippen LogP contribution in [0.4, 0.5) is 4.39 Å². The van der Waals surface area contributed by atoms with Crippen molar-refractivity contribution in [3.63, 3.8) is 0 Å². The summed E-state index contributed by atoms with van der Waals surface area (Å²) in [6, 6.07) is 22.5. The minimum absolute atomic E-state index is 0.230. The van der Waals surface area contributed by atoms with Crippen molar-refractivity contribution in [1.82, 2.24) is 9.21 Å². The van der Waals surface area contributed by atoms with Gasteiger partial charge in [-0.3, -0.25) is 4.79 Å². The van der Waals surface area contributed by atoms with E-state index in [9.17, 15) is 17.6 Å². The summed E-state index contributed by atoms with van der Waals surface area (Å²) in [5, 5.41) is 3.46. The van der Waals surface area contributed by atoms with Crippen LogP contribution in [0.3, 0.4) is 0 Å². The van der Waals surface area contributed by atoms with E-state index >= 15 is 0 Å². The number of nitrogens with zero attached hydrogens (tertiary/aromatic N) is 2. The molecule has 3 aromatic carbocycles. The van der Waals surface area contributed by atoms with Crippen LogP contribution < -0.4 is 0 Å². The van der Waals surface area contributed by atoms with Gasteiger partial charge in [0.15, 0.2) is 0 Å². The van der Waals surface area contributed by atoms with Crippen molar-refractivity contribution >= 4 is 38.0 Å². The highest BCUT2D eigenvalue weighted by molar-refractivity contribution is 7.89. The number of benzene rings is 3. The van der Waals surface area contributed by atoms with Gasteiger partial charge >= 0.3 is 0 Å². The second-order valence-corrected chi connectivity index (χ2v) is 12.7. The van der Waals surface area contributed by atoms with E-state index in [2.05, 4.69) is 0 Å². The number of rotatable bonds is 9. The fraction of sp³-hybridized carbons (Fsp3) is 0.300. The summed E-state index contributed by atoms with van der Waals surface area (Å²) in [5.41, 5.74) is 0.789. The fourth-order valence-corrected chi connectivity index (χ4v) is 7.76. The Balaban J connectivity index is 1.48. The predicted molar refractivity (Wildman–Crippen MR) is 150 cm³/mol. The Morgan fingerprint density at radius 1 is 0.868 bits per heavy atom. The highest BCUT2D eigenvalue weighted by Gasteiger charge is 2.36. The molecule has 0 spiro atoms. The van der Waals surface area contributed by atoms with Crippen LogP contribution in [-0.2, 0) is 27.9 Å². The number of thiophene rings is 1. The molecule has 1 amide bonds. The van der Waals surface area contributed by atoms with Crippen LogP contribution in [0.1, 0.15) is 42.5 Å². The molecular formula is C30H31FN2O3S2. The van der Waals surface area contributed by atoms with Gasteiger partial charge in [-0.25, -0.2) is 12.8 Å². The maximum atomic E-state index is 14.2. The first kappa shape index (κ1) is 26.5. The number of hydrogen-bond acceptors (Lipinski definition) is 4. The molecule has 5 rings (SSSR count). The normalized spacial score (nSPS) is 14.7. The summed E-state index contributed by atoms with van der Waals surface area (Å²) >= 11 is 1.55. The van der Waals surface area contributed by atoms with Gasteiger partial charge in [-0.15, -0.1) is 11.3 Å². The summed E-state index contributed by atoms with van der Waals surface area (Å²) < 4.78 is 43.4. The number of sulfonamides is 1. The summed E-state index contributed by atoms with van der Waals surface area (Å²) in [6.45, 7) is 0.396. The van der Waals surface area contributed by atoms with Crippen molar-refractivity contribution in [2.24, 2.45) is 0 Å². The molecule has 1 aliphatic rings. The molecule has 1 aromatic heterocycles. The molecule has 1 saturated carbocycles. The van der Waals surface area contributed by atoms with Gasteiger partial charge in [0.05, 0.1) is 18.0 Å². The number of carbonyl (C=O) groups is 1. The topological polar surface area (TPSA) is 57.7 Å². The lowest BCUT2D eigenvalue weighted by atomic mass is 9.95. The van der Waals surface area contributed by atoms with Crippen molar-refractivity contribution in [3.8, 4) is 0 Å². The number of hydrogen-bond donors (Lipinski definition) is 0. The lowest BCUT2D eigenvalue weighted by molar-refractivity contribution is -0.133. The lowest BCUT2D eigenvalue weighted by Gasteiger charge is -2.34. The number of fused-ring (bicyclic) bond motifs is 1. The first-order valence-electron chi connectivity index (χ1n) is 13.0. The number of halogens is 1. The molecule has 5 nitrogen and oxygen atoms in total. The SMILES string of the molecule is O=C(CN(C1CCCCC1)S(=O)(=O)c1cccc2ccccc12)N(Cc1ccc(F)cc1)Cc1cccs1. The summed E-state index contributed by atoms with van der Waals surface area (Å²) in [6.07, 6.45) is 4.42. The molecule has 1 heterocycles. The van der Waals surface area contributed by atoms with Crippen molar-refractivity contribution < 1.29 is 17.6 Å². The molecule has 1 aliphatic carbocycles. The third-order valence-corrected chi connectivity index (χ3v) is 9.99. The van der Waals surface area contributed by atoms with Crippen molar-refractivity contribution in [2.45, 2.75) is 56.1 Å². The molecule has 4 aromatic rings. The van der Waals surface area contributed by atoms with E-state index < -0.39 is 10.0 Å². The molecule has 0 bridgehead atoms. The average molecular weight is 551 g/mol. The van der Waals surface area contributed by atoms with E-state index in [1.165, 1.54) is 16.4 Å².